The zero-order valence-electron chi connectivity index (χ0n) is 18.6. The number of benzene rings is 3. The maximum Gasteiger partial charge on any atom is 0.329 e. The molecule has 0 N–H and O–H groups in total. The van der Waals surface area contributed by atoms with Gasteiger partial charge in [-0.05, 0) is 81.6 Å². The molecule has 0 saturated carbocycles. The van der Waals surface area contributed by atoms with Crippen molar-refractivity contribution in [1.82, 2.24) is 4.90 Å². The van der Waals surface area contributed by atoms with E-state index < -0.39 is 23.2 Å². The van der Waals surface area contributed by atoms with Gasteiger partial charge in [-0.25, -0.2) is 4.79 Å². The van der Waals surface area contributed by atoms with Crippen molar-refractivity contribution in [3.8, 4) is 5.75 Å². The van der Waals surface area contributed by atoms with Crippen LogP contribution in [0.5, 0.6) is 5.75 Å². The fourth-order valence-corrected chi connectivity index (χ4v) is 5.05. The van der Waals surface area contributed by atoms with Gasteiger partial charge in [0, 0.05) is 0 Å². The Morgan fingerprint density at radius 3 is 2.65 bits per heavy atom. The van der Waals surface area contributed by atoms with E-state index in [4.69, 9.17) is 9.47 Å². The highest BCUT2D eigenvalue weighted by Crippen LogP contribution is 2.35. The number of imide groups is 1. The van der Waals surface area contributed by atoms with Crippen LogP contribution in [0.2, 0.25) is 0 Å². The van der Waals surface area contributed by atoms with Gasteiger partial charge < -0.3 is 9.47 Å². The van der Waals surface area contributed by atoms with Gasteiger partial charge in [0.25, 0.3) is 11.1 Å². The predicted molar refractivity (Wildman–Crippen MR) is 136 cm³/mol. The number of hydrogen-bond acceptors (Lipinski definition) is 6. The summed E-state index contributed by atoms with van der Waals surface area (Å²) in [6.07, 6.45) is 1.63. The molecular weight excluding hydrogens is 518 g/mol. The van der Waals surface area contributed by atoms with Crippen LogP contribution < -0.4 is 4.74 Å². The van der Waals surface area contributed by atoms with Crippen molar-refractivity contribution in [1.29, 1.82) is 0 Å². The summed E-state index contributed by atoms with van der Waals surface area (Å²) in [6, 6.07) is 18.7. The Morgan fingerprint density at radius 2 is 1.88 bits per heavy atom. The summed E-state index contributed by atoms with van der Waals surface area (Å²) in [5.41, 5.74) is 1.80. The smallest absolute Gasteiger partial charge is 0.329 e. The molecule has 1 saturated heterocycles. The van der Waals surface area contributed by atoms with E-state index in [0.717, 1.165) is 43.0 Å². The van der Waals surface area contributed by atoms with E-state index >= 15 is 0 Å². The summed E-state index contributed by atoms with van der Waals surface area (Å²) < 4.78 is 11.7. The highest BCUT2D eigenvalue weighted by Gasteiger charge is 2.41. The van der Waals surface area contributed by atoms with Crippen molar-refractivity contribution in [2.45, 2.75) is 26.5 Å². The lowest BCUT2D eigenvalue weighted by molar-refractivity contribution is -0.150. The minimum absolute atomic E-state index is 0.179. The summed E-state index contributed by atoms with van der Waals surface area (Å²) in [4.78, 5) is 38.3. The van der Waals surface area contributed by atoms with E-state index in [2.05, 4.69) is 34.1 Å². The Labute approximate surface area is 210 Å². The Balaban J connectivity index is 1.48. The lowest BCUT2D eigenvalue weighted by atomic mass is 10.1. The van der Waals surface area contributed by atoms with Crippen LogP contribution in [0.25, 0.3) is 16.8 Å². The first-order valence-corrected chi connectivity index (χ1v) is 12.3. The maximum absolute atomic E-state index is 12.8. The second-order valence-corrected chi connectivity index (χ2v) is 9.44. The van der Waals surface area contributed by atoms with Crippen LogP contribution in [0.4, 0.5) is 4.79 Å². The van der Waals surface area contributed by atoms with Gasteiger partial charge in [0.05, 0.1) is 16.0 Å². The molecule has 1 aliphatic heterocycles. The first-order valence-electron chi connectivity index (χ1n) is 10.7. The van der Waals surface area contributed by atoms with Crippen molar-refractivity contribution in [2.24, 2.45) is 0 Å². The molecule has 34 heavy (non-hydrogen) atoms. The average molecular weight is 540 g/mol. The number of nitrogens with zero attached hydrogens (tertiary/aromatic N) is 1. The minimum Gasteiger partial charge on any atom is -0.488 e. The van der Waals surface area contributed by atoms with E-state index in [9.17, 15) is 14.4 Å². The summed E-state index contributed by atoms with van der Waals surface area (Å²) in [5.74, 6) is -0.460. The van der Waals surface area contributed by atoms with Crippen molar-refractivity contribution in [2.75, 3.05) is 6.61 Å². The number of rotatable bonds is 7. The molecule has 4 rings (SSSR count). The number of carbonyl (C=O) groups is 3. The van der Waals surface area contributed by atoms with Gasteiger partial charge in [-0.1, -0.05) is 48.5 Å². The van der Waals surface area contributed by atoms with Crippen LogP contribution in [-0.2, 0) is 20.9 Å². The quantitative estimate of drug-likeness (QED) is 0.264. The normalized spacial score (nSPS) is 15.7. The van der Waals surface area contributed by atoms with E-state index in [0.29, 0.717) is 12.4 Å². The van der Waals surface area contributed by atoms with Crippen molar-refractivity contribution in [3.05, 3.63) is 81.2 Å². The van der Waals surface area contributed by atoms with Crippen LogP contribution >= 0.6 is 27.7 Å². The average Bonchev–Trinajstić information content (AvgIpc) is 3.10. The number of halogens is 1. The topological polar surface area (TPSA) is 72.9 Å². The van der Waals surface area contributed by atoms with Gasteiger partial charge in [0.2, 0.25) is 0 Å². The Hall–Kier alpha value is -3.10. The Kier molecular flexibility index (Phi) is 7.38. The van der Waals surface area contributed by atoms with E-state index in [1.807, 2.05) is 42.5 Å². The molecule has 0 aromatic heterocycles. The van der Waals surface area contributed by atoms with E-state index in [1.54, 1.807) is 13.0 Å². The molecule has 0 aliphatic carbocycles. The molecule has 3 aromatic rings. The zero-order chi connectivity index (χ0) is 24.2. The molecule has 1 atom stereocenters. The molecule has 1 aliphatic rings. The Bertz CT molecular complexity index is 1300. The summed E-state index contributed by atoms with van der Waals surface area (Å²) >= 11 is 4.34. The van der Waals surface area contributed by atoms with Crippen molar-refractivity contribution >= 4 is 61.7 Å². The summed E-state index contributed by atoms with van der Waals surface area (Å²) in [5, 5.41) is 1.81. The van der Waals surface area contributed by atoms with Crippen LogP contribution in [0.15, 0.2) is 70.0 Å². The minimum atomic E-state index is -0.977. The molecule has 3 aromatic carbocycles. The van der Waals surface area contributed by atoms with Crippen molar-refractivity contribution < 1.29 is 23.9 Å². The molecule has 8 heteroatoms. The maximum atomic E-state index is 12.8. The number of esters is 1. The zero-order valence-corrected chi connectivity index (χ0v) is 21.0. The van der Waals surface area contributed by atoms with Crippen molar-refractivity contribution in [3.63, 3.8) is 0 Å². The van der Waals surface area contributed by atoms with E-state index in [-0.39, 0.29) is 11.5 Å². The number of fused-ring (bicyclic) bond motifs is 1. The molecule has 0 bridgehead atoms. The predicted octanol–water partition coefficient (Wildman–Crippen LogP) is 6.17. The molecular formula is C26H22BrNO5S. The third kappa shape index (κ3) is 5.03. The molecule has 1 heterocycles. The third-order valence-corrected chi connectivity index (χ3v) is 6.86. The second kappa shape index (κ2) is 10.4. The first-order chi connectivity index (χ1) is 16.4. The standard InChI is InChI=1S/C26H22BrNO5S/c1-3-32-25(30)16(2)28-24(29)23(34-26(28)31)14-17-11-12-22(21(27)13-17)33-15-19-9-6-8-18-7-4-5-10-20(18)19/h4-14,16H,3,15H2,1-2H3/b23-14+/t16-/m0/s1. The van der Waals surface area contributed by atoms with Crippen LogP contribution in [0, 0.1) is 0 Å². The number of hydrogen-bond donors (Lipinski definition) is 0. The fraction of sp³-hybridized carbons (Fsp3) is 0.192. The van der Waals surface area contributed by atoms with Gasteiger partial charge >= 0.3 is 5.97 Å². The van der Waals surface area contributed by atoms with Gasteiger partial charge in [0.15, 0.2) is 0 Å². The van der Waals surface area contributed by atoms with E-state index in [1.165, 1.54) is 6.92 Å². The molecule has 0 spiro atoms. The second-order valence-electron chi connectivity index (χ2n) is 7.60. The van der Waals surface area contributed by atoms with Gasteiger partial charge in [0.1, 0.15) is 18.4 Å². The van der Waals surface area contributed by atoms with Gasteiger partial charge in [-0.15, -0.1) is 0 Å². The number of carbonyl (C=O) groups excluding carboxylic acids is 3. The lowest BCUT2D eigenvalue weighted by Crippen LogP contribution is -2.42. The molecule has 0 radical (unpaired) electrons. The highest BCUT2D eigenvalue weighted by atomic mass is 79.9. The van der Waals surface area contributed by atoms with Gasteiger partial charge in [-0.2, -0.15) is 0 Å². The first kappa shape index (κ1) is 24.0. The summed E-state index contributed by atoms with van der Waals surface area (Å²) in [6.45, 7) is 3.74. The monoisotopic (exact) mass is 539 g/mol. The number of ether oxygens (including phenoxy) is 2. The number of thioether (sulfide) groups is 1. The molecule has 2 amide bonds. The van der Waals surface area contributed by atoms with Gasteiger partial charge in [-0.3, -0.25) is 14.5 Å². The molecule has 6 nitrogen and oxygen atoms in total. The van der Waals surface area contributed by atoms with Crippen LogP contribution in [0.3, 0.4) is 0 Å². The Morgan fingerprint density at radius 1 is 1.12 bits per heavy atom. The largest absolute Gasteiger partial charge is 0.488 e. The lowest BCUT2D eigenvalue weighted by Gasteiger charge is -2.19. The third-order valence-electron chi connectivity index (χ3n) is 5.36. The van der Waals surface area contributed by atoms with Crippen LogP contribution in [-0.4, -0.2) is 34.7 Å². The molecule has 0 unspecified atom stereocenters. The molecule has 1 fully saturated rings. The summed E-state index contributed by atoms with van der Waals surface area (Å²) in [7, 11) is 0. The SMILES string of the molecule is CCOC(=O)[C@H](C)N1C(=O)S/C(=C/c2ccc(OCc3cccc4ccccc34)c(Br)c2)C1=O. The number of amides is 2. The van der Waals surface area contributed by atoms with Crippen LogP contribution in [0.1, 0.15) is 25.0 Å². The molecule has 174 valence electrons. The fourth-order valence-electron chi connectivity index (χ4n) is 3.63. The highest BCUT2D eigenvalue weighted by molar-refractivity contribution is 9.10.